The molecule has 0 N–H and O–H groups in total. The van der Waals surface area contributed by atoms with Crippen molar-refractivity contribution >= 4 is 61.6 Å². The Hall–Kier alpha value is -0.760. The lowest BCUT2D eigenvalue weighted by atomic mass is 10.0. The standard InChI is InChI=1S/C17H20Cl2N2O3S2/c1-3-10(4-2)16(22)20-17-21(13-7-11(18)5-6-12(13)19)14-8-26(23,24)9-15(14)25-17/h5-7,10,14-15H,3-4,8-9H2,1-2H3. The highest BCUT2D eigenvalue weighted by molar-refractivity contribution is 8.16. The van der Waals surface area contributed by atoms with E-state index in [9.17, 15) is 13.2 Å². The molecule has 0 saturated carbocycles. The van der Waals surface area contributed by atoms with Crippen LogP contribution in [-0.2, 0) is 14.6 Å². The van der Waals surface area contributed by atoms with Crippen LogP contribution in [0.2, 0.25) is 10.0 Å². The monoisotopic (exact) mass is 434 g/mol. The largest absolute Gasteiger partial charge is 0.314 e. The van der Waals surface area contributed by atoms with Crippen LogP contribution in [0.4, 0.5) is 5.69 Å². The molecule has 2 atom stereocenters. The van der Waals surface area contributed by atoms with E-state index in [0.29, 0.717) is 20.9 Å². The molecule has 0 spiro atoms. The number of benzene rings is 1. The van der Waals surface area contributed by atoms with E-state index in [1.165, 1.54) is 11.8 Å². The van der Waals surface area contributed by atoms with E-state index < -0.39 is 9.84 Å². The first kappa shape index (κ1) is 20.0. The van der Waals surface area contributed by atoms with Crippen molar-refractivity contribution in [1.82, 2.24) is 0 Å². The van der Waals surface area contributed by atoms with Gasteiger partial charge in [-0.25, -0.2) is 8.42 Å². The van der Waals surface area contributed by atoms with E-state index in [4.69, 9.17) is 23.2 Å². The molecule has 9 heteroatoms. The number of carbonyl (C=O) groups excluding carboxylic acids is 1. The summed E-state index contributed by atoms with van der Waals surface area (Å²) in [5.74, 6) is -0.214. The summed E-state index contributed by atoms with van der Waals surface area (Å²) in [7, 11) is -3.13. The van der Waals surface area contributed by atoms with Crippen LogP contribution in [-0.4, -0.2) is 42.3 Å². The van der Waals surface area contributed by atoms with Crippen LogP contribution >= 0.6 is 35.0 Å². The summed E-state index contributed by atoms with van der Waals surface area (Å²) >= 11 is 13.8. The van der Waals surface area contributed by atoms with Crippen molar-refractivity contribution in [2.45, 2.75) is 38.0 Å². The second-order valence-corrected chi connectivity index (χ2v) is 10.7. The molecular weight excluding hydrogens is 415 g/mol. The van der Waals surface area contributed by atoms with Gasteiger partial charge in [-0.15, -0.1) is 0 Å². The second kappa shape index (κ2) is 7.70. The topological polar surface area (TPSA) is 66.8 Å². The third-order valence-electron chi connectivity index (χ3n) is 4.77. The van der Waals surface area contributed by atoms with Gasteiger partial charge in [0.15, 0.2) is 15.0 Å². The van der Waals surface area contributed by atoms with Gasteiger partial charge in [-0.3, -0.25) is 4.79 Å². The number of fused-ring (bicyclic) bond motifs is 1. The van der Waals surface area contributed by atoms with Crippen LogP contribution in [0.5, 0.6) is 0 Å². The van der Waals surface area contributed by atoms with E-state index in [2.05, 4.69) is 4.99 Å². The van der Waals surface area contributed by atoms with Crippen LogP contribution in [0.1, 0.15) is 26.7 Å². The van der Waals surface area contributed by atoms with Gasteiger partial charge in [0, 0.05) is 16.2 Å². The Morgan fingerprint density at radius 1 is 1.31 bits per heavy atom. The molecule has 142 valence electrons. The summed E-state index contributed by atoms with van der Waals surface area (Å²) in [6.45, 7) is 3.92. The van der Waals surface area contributed by atoms with Gasteiger partial charge in [0.2, 0.25) is 0 Å². The van der Waals surface area contributed by atoms with Crippen molar-refractivity contribution < 1.29 is 13.2 Å². The summed E-state index contributed by atoms with van der Waals surface area (Å²) in [6, 6.07) is 4.73. The summed E-state index contributed by atoms with van der Waals surface area (Å²) < 4.78 is 24.2. The predicted octanol–water partition coefficient (Wildman–Crippen LogP) is 4.03. The highest BCUT2D eigenvalue weighted by atomic mass is 35.5. The minimum absolute atomic E-state index is 0.0195. The van der Waals surface area contributed by atoms with Crippen molar-refractivity contribution in [1.29, 1.82) is 0 Å². The Labute approximate surface area is 168 Å². The highest BCUT2D eigenvalue weighted by Crippen LogP contribution is 2.43. The Morgan fingerprint density at radius 3 is 2.65 bits per heavy atom. The maximum atomic E-state index is 12.5. The molecule has 0 radical (unpaired) electrons. The molecule has 3 rings (SSSR count). The normalized spacial score (nSPS) is 25.9. The SMILES string of the molecule is CCC(CC)C(=O)N=C1SC2CS(=O)(=O)CC2N1c1cc(Cl)ccc1Cl. The maximum Gasteiger partial charge on any atom is 0.251 e. The Bertz CT molecular complexity index is 854. The third kappa shape index (κ3) is 3.91. The van der Waals surface area contributed by atoms with Gasteiger partial charge in [0.25, 0.3) is 5.91 Å². The number of anilines is 1. The van der Waals surface area contributed by atoms with Crippen molar-refractivity contribution in [3.8, 4) is 0 Å². The number of thioether (sulfide) groups is 1. The van der Waals surface area contributed by atoms with E-state index >= 15 is 0 Å². The molecule has 2 fully saturated rings. The summed E-state index contributed by atoms with van der Waals surface area (Å²) in [5, 5.41) is 1.28. The van der Waals surface area contributed by atoms with Gasteiger partial charge >= 0.3 is 0 Å². The number of aliphatic imine (C=N–C) groups is 1. The number of hydrogen-bond acceptors (Lipinski definition) is 4. The summed E-state index contributed by atoms with van der Waals surface area (Å²) in [6.07, 6.45) is 1.44. The number of hydrogen-bond donors (Lipinski definition) is 0. The number of carbonyl (C=O) groups is 1. The minimum Gasteiger partial charge on any atom is -0.314 e. The molecule has 2 unspecified atom stereocenters. The molecule has 0 aliphatic carbocycles. The fourth-order valence-electron chi connectivity index (χ4n) is 3.34. The van der Waals surface area contributed by atoms with Gasteiger partial charge in [0.1, 0.15) is 0 Å². The van der Waals surface area contributed by atoms with Gasteiger partial charge in [-0.05, 0) is 31.0 Å². The molecule has 2 aliphatic rings. The van der Waals surface area contributed by atoms with Gasteiger partial charge in [0.05, 0.1) is 28.3 Å². The quantitative estimate of drug-likeness (QED) is 0.715. The lowest BCUT2D eigenvalue weighted by Gasteiger charge is -2.26. The molecule has 26 heavy (non-hydrogen) atoms. The molecule has 1 amide bonds. The zero-order chi connectivity index (χ0) is 19.1. The molecule has 1 aromatic carbocycles. The summed E-state index contributed by atoms with van der Waals surface area (Å²) in [4.78, 5) is 18.7. The average Bonchev–Trinajstić information content (AvgIpc) is 3.02. The fourth-order valence-corrected chi connectivity index (χ4v) is 7.63. The molecule has 2 saturated heterocycles. The predicted molar refractivity (Wildman–Crippen MR) is 109 cm³/mol. The first-order valence-corrected chi connectivity index (χ1v) is 11.9. The number of halogens is 2. The molecule has 5 nitrogen and oxygen atoms in total. The Kier molecular flexibility index (Phi) is 5.92. The molecule has 0 aromatic heterocycles. The van der Waals surface area contributed by atoms with Crippen molar-refractivity contribution in [2.24, 2.45) is 10.9 Å². The molecular formula is C17H20Cl2N2O3S2. The smallest absolute Gasteiger partial charge is 0.251 e. The minimum atomic E-state index is -3.13. The lowest BCUT2D eigenvalue weighted by molar-refractivity contribution is -0.121. The van der Waals surface area contributed by atoms with E-state index in [-0.39, 0.29) is 34.6 Å². The van der Waals surface area contributed by atoms with Crippen molar-refractivity contribution in [3.63, 3.8) is 0 Å². The van der Waals surface area contributed by atoms with Crippen molar-refractivity contribution in [3.05, 3.63) is 28.2 Å². The average molecular weight is 435 g/mol. The first-order valence-electron chi connectivity index (χ1n) is 8.49. The highest BCUT2D eigenvalue weighted by Gasteiger charge is 2.50. The third-order valence-corrected chi connectivity index (χ3v) is 8.54. The van der Waals surface area contributed by atoms with Crippen LogP contribution in [0, 0.1) is 5.92 Å². The fraction of sp³-hybridized carbons (Fsp3) is 0.529. The van der Waals surface area contributed by atoms with Crippen LogP contribution < -0.4 is 4.90 Å². The summed E-state index contributed by atoms with van der Waals surface area (Å²) in [5.41, 5.74) is 0.590. The zero-order valence-electron chi connectivity index (χ0n) is 14.5. The van der Waals surface area contributed by atoms with Crippen LogP contribution in [0.25, 0.3) is 0 Å². The molecule has 1 aromatic rings. The second-order valence-electron chi connectivity index (χ2n) is 6.51. The van der Waals surface area contributed by atoms with E-state index in [0.717, 1.165) is 12.8 Å². The molecule has 2 aliphatic heterocycles. The zero-order valence-corrected chi connectivity index (χ0v) is 17.6. The number of rotatable bonds is 4. The molecule has 0 bridgehead atoms. The van der Waals surface area contributed by atoms with E-state index in [1.54, 1.807) is 23.1 Å². The maximum absolute atomic E-state index is 12.5. The Morgan fingerprint density at radius 2 is 2.00 bits per heavy atom. The number of nitrogens with zero attached hydrogens (tertiary/aromatic N) is 2. The number of sulfone groups is 1. The number of amides is 1. The van der Waals surface area contributed by atoms with Crippen LogP contribution in [0.15, 0.2) is 23.2 Å². The first-order chi connectivity index (χ1) is 12.3. The van der Waals surface area contributed by atoms with Gasteiger partial charge in [-0.2, -0.15) is 4.99 Å². The Balaban J connectivity index is 2.04. The molecule has 2 heterocycles. The van der Waals surface area contributed by atoms with Crippen LogP contribution in [0.3, 0.4) is 0 Å². The lowest BCUT2D eigenvalue weighted by Crippen LogP contribution is -2.38. The van der Waals surface area contributed by atoms with E-state index in [1.807, 2.05) is 13.8 Å². The van der Waals surface area contributed by atoms with Crippen molar-refractivity contribution in [2.75, 3.05) is 16.4 Å². The van der Waals surface area contributed by atoms with Gasteiger partial charge in [-0.1, -0.05) is 48.8 Å². The number of amidine groups is 1. The van der Waals surface area contributed by atoms with Gasteiger partial charge < -0.3 is 4.90 Å².